The Bertz CT molecular complexity index is 525. The molecule has 0 saturated carbocycles. The standard InChI is InChI=1S/C19H29NO2/c1-14-11-19(5,6)13-20(12-14)17(21)15-7-9-16(10-8-15)22-18(2,3)4/h7-10,14H,11-13H2,1-6H3. The van der Waals surface area contributed by atoms with Gasteiger partial charge in [-0.2, -0.15) is 0 Å². The molecule has 1 aromatic rings. The fourth-order valence-electron chi connectivity index (χ4n) is 3.39. The van der Waals surface area contributed by atoms with Gasteiger partial charge in [0, 0.05) is 18.7 Å². The number of likely N-dealkylation sites (tertiary alicyclic amines) is 1. The van der Waals surface area contributed by atoms with Crippen LogP contribution in [0.5, 0.6) is 5.75 Å². The Labute approximate surface area is 134 Å². The lowest BCUT2D eigenvalue weighted by atomic mass is 9.79. The summed E-state index contributed by atoms with van der Waals surface area (Å²) in [5.41, 5.74) is 0.714. The molecule has 2 rings (SSSR count). The van der Waals surface area contributed by atoms with Crippen LogP contribution >= 0.6 is 0 Å². The second kappa shape index (κ2) is 5.94. The van der Waals surface area contributed by atoms with Crippen LogP contribution in [0, 0.1) is 11.3 Å². The third-order valence-corrected chi connectivity index (χ3v) is 3.86. The first kappa shape index (κ1) is 16.9. The van der Waals surface area contributed by atoms with Crippen molar-refractivity contribution in [2.75, 3.05) is 13.1 Å². The van der Waals surface area contributed by atoms with E-state index in [1.807, 2.05) is 49.9 Å². The normalized spacial score (nSPS) is 21.5. The maximum atomic E-state index is 12.7. The van der Waals surface area contributed by atoms with Crippen molar-refractivity contribution in [2.24, 2.45) is 11.3 Å². The van der Waals surface area contributed by atoms with Crippen molar-refractivity contribution < 1.29 is 9.53 Å². The van der Waals surface area contributed by atoms with Gasteiger partial charge in [-0.1, -0.05) is 20.8 Å². The highest BCUT2D eigenvalue weighted by Crippen LogP contribution is 2.32. The summed E-state index contributed by atoms with van der Waals surface area (Å²) in [5.74, 6) is 1.48. The Hall–Kier alpha value is -1.51. The van der Waals surface area contributed by atoms with Crippen LogP contribution in [0.2, 0.25) is 0 Å². The summed E-state index contributed by atoms with van der Waals surface area (Å²) in [5, 5.41) is 0. The minimum atomic E-state index is -0.224. The van der Waals surface area contributed by atoms with E-state index in [1.165, 1.54) is 6.42 Å². The number of rotatable bonds is 2. The maximum absolute atomic E-state index is 12.7. The van der Waals surface area contributed by atoms with Crippen LogP contribution in [0.1, 0.15) is 58.3 Å². The smallest absolute Gasteiger partial charge is 0.253 e. The van der Waals surface area contributed by atoms with Crippen LogP contribution in [0.3, 0.4) is 0 Å². The molecule has 0 bridgehead atoms. The Morgan fingerprint density at radius 1 is 1.23 bits per heavy atom. The molecule has 0 spiro atoms. The second-order valence-corrected chi connectivity index (χ2v) is 8.40. The van der Waals surface area contributed by atoms with Gasteiger partial charge in [0.05, 0.1) is 0 Å². The number of piperidine rings is 1. The number of hydrogen-bond acceptors (Lipinski definition) is 2. The lowest BCUT2D eigenvalue weighted by molar-refractivity contribution is 0.0475. The van der Waals surface area contributed by atoms with E-state index in [-0.39, 0.29) is 16.9 Å². The number of benzene rings is 1. The molecule has 1 saturated heterocycles. The van der Waals surface area contributed by atoms with Gasteiger partial charge in [-0.3, -0.25) is 4.79 Å². The minimum Gasteiger partial charge on any atom is -0.488 e. The monoisotopic (exact) mass is 303 g/mol. The van der Waals surface area contributed by atoms with Crippen molar-refractivity contribution in [3.8, 4) is 5.75 Å². The molecule has 1 aliphatic rings. The molecule has 1 heterocycles. The third kappa shape index (κ3) is 4.49. The Balaban J connectivity index is 2.09. The van der Waals surface area contributed by atoms with Gasteiger partial charge < -0.3 is 9.64 Å². The molecule has 0 aliphatic carbocycles. The first-order valence-electron chi connectivity index (χ1n) is 8.14. The van der Waals surface area contributed by atoms with E-state index in [2.05, 4.69) is 20.8 Å². The zero-order valence-corrected chi connectivity index (χ0v) is 14.8. The van der Waals surface area contributed by atoms with Crippen molar-refractivity contribution in [1.29, 1.82) is 0 Å². The molecule has 1 amide bonds. The molecule has 1 fully saturated rings. The highest BCUT2D eigenvalue weighted by molar-refractivity contribution is 5.94. The molecule has 0 aromatic heterocycles. The van der Waals surface area contributed by atoms with Crippen LogP contribution in [-0.4, -0.2) is 29.5 Å². The van der Waals surface area contributed by atoms with Crippen molar-refractivity contribution >= 4 is 5.91 Å². The molecule has 1 aliphatic heterocycles. The number of nitrogens with zero attached hydrogens (tertiary/aromatic N) is 1. The first-order valence-corrected chi connectivity index (χ1v) is 8.14. The average Bonchev–Trinajstić information content (AvgIpc) is 2.34. The van der Waals surface area contributed by atoms with E-state index in [9.17, 15) is 4.79 Å². The average molecular weight is 303 g/mol. The number of carbonyl (C=O) groups excluding carboxylic acids is 1. The van der Waals surface area contributed by atoms with Crippen LogP contribution in [0.15, 0.2) is 24.3 Å². The number of carbonyl (C=O) groups is 1. The lowest BCUT2D eigenvalue weighted by Gasteiger charge is -2.41. The predicted molar refractivity (Wildman–Crippen MR) is 90.3 cm³/mol. The SMILES string of the molecule is CC1CN(C(=O)c2ccc(OC(C)(C)C)cc2)CC(C)(C)C1. The van der Waals surface area contributed by atoms with E-state index < -0.39 is 0 Å². The van der Waals surface area contributed by atoms with Crippen LogP contribution in [0.4, 0.5) is 0 Å². The summed E-state index contributed by atoms with van der Waals surface area (Å²) >= 11 is 0. The van der Waals surface area contributed by atoms with Crippen molar-refractivity contribution in [3.63, 3.8) is 0 Å². The van der Waals surface area contributed by atoms with E-state index in [4.69, 9.17) is 4.74 Å². The van der Waals surface area contributed by atoms with Crippen molar-refractivity contribution in [3.05, 3.63) is 29.8 Å². The topological polar surface area (TPSA) is 29.5 Å². The lowest BCUT2D eigenvalue weighted by Crippen LogP contribution is -2.46. The number of hydrogen-bond donors (Lipinski definition) is 0. The van der Waals surface area contributed by atoms with Gasteiger partial charge in [-0.25, -0.2) is 0 Å². The predicted octanol–water partition coefficient (Wildman–Crippen LogP) is 4.37. The summed E-state index contributed by atoms with van der Waals surface area (Å²) < 4.78 is 5.81. The third-order valence-electron chi connectivity index (χ3n) is 3.86. The minimum absolute atomic E-state index is 0.127. The second-order valence-electron chi connectivity index (χ2n) is 8.40. The van der Waals surface area contributed by atoms with Crippen LogP contribution in [0.25, 0.3) is 0 Å². The summed E-state index contributed by atoms with van der Waals surface area (Å²) in [7, 11) is 0. The van der Waals surface area contributed by atoms with Gasteiger partial charge in [0.25, 0.3) is 5.91 Å². The highest BCUT2D eigenvalue weighted by Gasteiger charge is 2.33. The Morgan fingerprint density at radius 3 is 2.32 bits per heavy atom. The van der Waals surface area contributed by atoms with E-state index >= 15 is 0 Å². The van der Waals surface area contributed by atoms with Gasteiger partial charge in [0.15, 0.2) is 0 Å². The van der Waals surface area contributed by atoms with Crippen LogP contribution in [-0.2, 0) is 0 Å². The van der Waals surface area contributed by atoms with Gasteiger partial charge in [-0.15, -0.1) is 0 Å². The quantitative estimate of drug-likeness (QED) is 0.812. The Morgan fingerprint density at radius 2 is 1.82 bits per heavy atom. The number of amides is 1. The zero-order valence-electron chi connectivity index (χ0n) is 14.8. The highest BCUT2D eigenvalue weighted by atomic mass is 16.5. The zero-order chi connectivity index (χ0) is 16.5. The molecular weight excluding hydrogens is 274 g/mol. The van der Waals surface area contributed by atoms with Gasteiger partial charge in [-0.05, 0) is 62.8 Å². The molecule has 3 heteroatoms. The molecule has 1 unspecified atom stereocenters. The largest absolute Gasteiger partial charge is 0.488 e. The van der Waals surface area contributed by atoms with Crippen LogP contribution < -0.4 is 4.74 Å². The molecular formula is C19H29NO2. The van der Waals surface area contributed by atoms with Crippen molar-refractivity contribution in [1.82, 2.24) is 4.90 Å². The van der Waals surface area contributed by atoms with Gasteiger partial charge in [0.2, 0.25) is 0 Å². The molecule has 0 radical (unpaired) electrons. The Kier molecular flexibility index (Phi) is 4.55. The summed E-state index contributed by atoms with van der Waals surface area (Å²) in [6.07, 6.45) is 1.18. The van der Waals surface area contributed by atoms with E-state index in [1.54, 1.807) is 0 Å². The fraction of sp³-hybridized carbons (Fsp3) is 0.632. The van der Waals surface area contributed by atoms with Gasteiger partial charge >= 0.3 is 0 Å². The molecule has 0 N–H and O–H groups in total. The van der Waals surface area contributed by atoms with Gasteiger partial charge in [0.1, 0.15) is 11.4 Å². The summed E-state index contributed by atoms with van der Waals surface area (Å²) in [6.45, 7) is 14.4. The molecule has 3 nitrogen and oxygen atoms in total. The molecule has 122 valence electrons. The number of ether oxygens (including phenoxy) is 1. The first-order chi connectivity index (χ1) is 10.1. The van der Waals surface area contributed by atoms with Crippen molar-refractivity contribution in [2.45, 2.75) is 53.6 Å². The molecule has 22 heavy (non-hydrogen) atoms. The maximum Gasteiger partial charge on any atom is 0.253 e. The van der Waals surface area contributed by atoms with E-state index in [0.717, 1.165) is 24.4 Å². The fourth-order valence-corrected chi connectivity index (χ4v) is 3.39. The summed E-state index contributed by atoms with van der Waals surface area (Å²) in [6, 6.07) is 7.51. The van der Waals surface area contributed by atoms with E-state index in [0.29, 0.717) is 5.92 Å². The molecule has 1 aromatic carbocycles. The molecule has 1 atom stereocenters. The summed E-state index contributed by atoms with van der Waals surface area (Å²) in [4.78, 5) is 14.7.